The van der Waals surface area contributed by atoms with Crippen LogP contribution in [-0.4, -0.2) is 53.6 Å². The van der Waals surface area contributed by atoms with Crippen molar-refractivity contribution in [1.82, 2.24) is 14.9 Å². The Balaban J connectivity index is 1.31. The van der Waals surface area contributed by atoms with E-state index in [0.717, 1.165) is 21.6 Å². The van der Waals surface area contributed by atoms with Gasteiger partial charge in [-0.05, 0) is 35.7 Å². The average Bonchev–Trinajstić information content (AvgIpc) is 3.32. The molecule has 0 bridgehead atoms. The SMILES string of the molecule is Nc1ccccc1-c1nc(N2CCN(C(=O)COc3ccccc3)CC2)c2ccsc2n1. The maximum Gasteiger partial charge on any atom is 0.260 e. The van der Waals surface area contributed by atoms with E-state index >= 15 is 0 Å². The molecule has 32 heavy (non-hydrogen) atoms. The molecule has 0 unspecified atom stereocenters. The minimum absolute atomic E-state index is 0.00498. The molecule has 1 amide bonds. The Bertz CT molecular complexity index is 1240. The average molecular weight is 446 g/mol. The number of nitrogens with zero attached hydrogens (tertiary/aromatic N) is 4. The molecular weight excluding hydrogens is 422 g/mol. The Morgan fingerprint density at radius 3 is 2.50 bits per heavy atom. The van der Waals surface area contributed by atoms with Gasteiger partial charge >= 0.3 is 0 Å². The number of nitrogens with two attached hydrogens (primary N) is 1. The van der Waals surface area contributed by atoms with Crippen molar-refractivity contribution in [3.05, 3.63) is 66.0 Å². The number of hydrogen-bond acceptors (Lipinski definition) is 7. The molecule has 2 aromatic carbocycles. The Morgan fingerprint density at radius 1 is 0.969 bits per heavy atom. The zero-order valence-electron chi connectivity index (χ0n) is 17.5. The summed E-state index contributed by atoms with van der Waals surface area (Å²) in [6.07, 6.45) is 0. The largest absolute Gasteiger partial charge is 0.484 e. The normalized spacial score (nSPS) is 14.0. The van der Waals surface area contributed by atoms with Crippen LogP contribution >= 0.6 is 11.3 Å². The van der Waals surface area contributed by atoms with Crippen molar-refractivity contribution in [2.45, 2.75) is 0 Å². The number of thiophene rings is 1. The number of rotatable bonds is 5. The minimum Gasteiger partial charge on any atom is -0.484 e. The molecule has 4 aromatic rings. The molecule has 7 nitrogen and oxygen atoms in total. The van der Waals surface area contributed by atoms with Crippen LogP contribution in [0.3, 0.4) is 0 Å². The summed E-state index contributed by atoms with van der Waals surface area (Å²) in [5.41, 5.74) is 7.66. The molecule has 0 radical (unpaired) electrons. The molecule has 2 aromatic heterocycles. The van der Waals surface area contributed by atoms with Gasteiger partial charge in [0.25, 0.3) is 5.91 Å². The Labute approximate surface area is 190 Å². The standard InChI is InChI=1S/C24H23N5O2S/c25-20-9-5-4-8-18(20)22-26-23(19-10-15-32-24(19)27-22)29-13-11-28(12-14-29)21(30)16-31-17-6-2-1-3-7-17/h1-10,15H,11-14,16,25H2. The topological polar surface area (TPSA) is 84.6 Å². The molecule has 3 heterocycles. The maximum atomic E-state index is 12.6. The highest BCUT2D eigenvalue weighted by molar-refractivity contribution is 7.16. The van der Waals surface area contributed by atoms with E-state index < -0.39 is 0 Å². The summed E-state index contributed by atoms with van der Waals surface area (Å²) in [7, 11) is 0. The smallest absolute Gasteiger partial charge is 0.260 e. The van der Waals surface area contributed by atoms with Crippen LogP contribution in [0.15, 0.2) is 66.0 Å². The first-order valence-corrected chi connectivity index (χ1v) is 11.4. The molecule has 0 aliphatic carbocycles. The first-order chi connectivity index (χ1) is 15.7. The predicted molar refractivity (Wildman–Crippen MR) is 128 cm³/mol. The fourth-order valence-corrected chi connectivity index (χ4v) is 4.58. The summed E-state index contributed by atoms with van der Waals surface area (Å²) in [6.45, 7) is 2.68. The quantitative estimate of drug-likeness (QED) is 0.472. The molecule has 8 heteroatoms. The number of benzene rings is 2. The van der Waals surface area contributed by atoms with E-state index in [4.69, 9.17) is 20.4 Å². The number of hydrogen-bond donors (Lipinski definition) is 1. The van der Waals surface area contributed by atoms with Gasteiger partial charge in [0.15, 0.2) is 12.4 Å². The Kier molecular flexibility index (Phi) is 5.60. The van der Waals surface area contributed by atoms with Gasteiger partial charge in [-0.1, -0.05) is 30.3 Å². The van der Waals surface area contributed by atoms with E-state index in [1.165, 1.54) is 0 Å². The second-order valence-electron chi connectivity index (χ2n) is 7.57. The number of nitrogen functional groups attached to an aromatic ring is 1. The lowest BCUT2D eigenvalue weighted by atomic mass is 10.1. The second kappa shape index (κ2) is 8.84. The van der Waals surface area contributed by atoms with E-state index in [-0.39, 0.29) is 12.5 Å². The number of fused-ring (bicyclic) bond motifs is 1. The van der Waals surface area contributed by atoms with E-state index in [2.05, 4.69) is 11.0 Å². The van der Waals surface area contributed by atoms with Gasteiger partial charge in [-0.25, -0.2) is 9.97 Å². The summed E-state index contributed by atoms with van der Waals surface area (Å²) in [5, 5.41) is 3.06. The van der Waals surface area contributed by atoms with Crippen LogP contribution < -0.4 is 15.4 Å². The van der Waals surface area contributed by atoms with Crippen LogP contribution in [-0.2, 0) is 4.79 Å². The molecule has 0 atom stereocenters. The van der Waals surface area contributed by atoms with Gasteiger partial charge in [-0.2, -0.15) is 0 Å². The third-order valence-corrected chi connectivity index (χ3v) is 6.35. The summed E-state index contributed by atoms with van der Waals surface area (Å²) >= 11 is 1.59. The number of piperazine rings is 1. The van der Waals surface area contributed by atoms with Crippen molar-refractivity contribution in [3.8, 4) is 17.1 Å². The third-order valence-electron chi connectivity index (χ3n) is 5.54. The van der Waals surface area contributed by atoms with E-state index in [1.807, 2.05) is 64.9 Å². The molecule has 0 spiro atoms. The van der Waals surface area contributed by atoms with Crippen molar-refractivity contribution < 1.29 is 9.53 Å². The Morgan fingerprint density at radius 2 is 1.72 bits per heavy atom. The van der Waals surface area contributed by atoms with Gasteiger partial charge in [0.1, 0.15) is 16.4 Å². The highest BCUT2D eigenvalue weighted by atomic mass is 32.1. The zero-order chi connectivity index (χ0) is 21.9. The number of aromatic nitrogens is 2. The van der Waals surface area contributed by atoms with E-state index in [0.29, 0.717) is 43.4 Å². The fraction of sp³-hybridized carbons (Fsp3) is 0.208. The predicted octanol–water partition coefficient (Wildman–Crippen LogP) is 3.67. The molecular formula is C24H23N5O2S. The van der Waals surface area contributed by atoms with Crippen molar-refractivity contribution in [2.24, 2.45) is 0 Å². The first kappa shape index (κ1) is 20.3. The highest BCUT2D eigenvalue weighted by Gasteiger charge is 2.24. The van der Waals surface area contributed by atoms with Crippen molar-refractivity contribution >= 4 is 39.0 Å². The number of para-hydroxylation sites is 2. The van der Waals surface area contributed by atoms with Crippen molar-refractivity contribution in [2.75, 3.05) is 43.4 Å². The molecule has 1 aliphatic heterocycles. The summed E-state index contributed by atoms with van der Waals surface area (Å²) < 4.78 is 5.62. The van der Waals surface area contributed by atoms with Gasteiger partial charge in [0, 0.05) is 37.4 Å². The van der Waals surface area contributed by atoms with Crippen LogP contribution in [0.4, 0.5) is 11.5 Å². The van der Waals surface area contributed by atoms with Gasteiger partial charge in [-0.3, -0.25) is 4.79 Å². The Hall–Kier alpha value is -3.65. The zero-order valence-corrected chi connectivity index (χ0v) is 18.3. The summed E-state index contributed by atoms with van der Waals surface area (Å²) in [5.74, 6) is 2.22. The van der Waals surface area contributed by atoms with Gasteiger partial charge in [0.05, 0.1) is 5.39 Å². The van der Waals surface area contributed by atoms with Gasteiger partial charge in [0.2, 0.25) is 0 Å². The van der Waals surface area contributed by atoms with Crippen LogP contribution in [0.1, 0.15) is 0 Å². The molecule has 2 N–H and O–H groups in total. The lowest BCUT2D eigenvalue weighted by Crippen LogP contribution is -2.50. The third kappa shape index (κ3) is 4.09. The first-order valence-electron chi connectivity index (χ1n) is 10.5. The molecule has 1 fully saturated rings. The number of anilines is 2. The molecule has 1 aliphatic rings. The molecule has 0 saturated carbocycles. The van der Waals surface area contributed by atoms with E-state index in [9.17, 15) is 4.79 Å². The molecule has 1 saturated heterocycles. The minimum atomic E-state index is -0.00498. The lowest BCUT2D eigenvalue weighted by molar-refractivity contribution is -0.133. The van der Waals surface area contributed by atoms with E-state index in [1.54, 1.807) is 11.3 Å². The number of ether oxygens (including phenoxy) is 1. The van der Waals surface area contributed by atoms with Crippen molar-refractivity contribution in [3.63, 3.8) is 0 Å². The summed E-state index contributed by atoms with van der Waals surface area (Å²) in [4.78, 5) is 27.2. The van der Waals surface area contributed by atoms with Crippen LogP contribution in [0, 0.1) is 0 Å². The molecule has 5 rings (SSSR count). The monoisotopic (exact) mass is 445 g/mol. The van der Waals surface area contributed by atoms with Crippen LogP contribution in [0.25, 0.3) is 21.6 Å². The second-order valence-corrected chi connectivity index (χ2v) is 8.46. The van der Waals surface area contributed by atoms with Crippen LogP contribution in [0.2, 0.25) is 0 Å². The van der Waals surface area contributed by atoms with Crippen molar-refractivity contribution in [1.29, 1.82) is 0 Å². The van der Waals surface area contributed by atoms with Crippen LogP contribution in [0.5, 0.6) is 5.75 Å². The van der Waals surface area contributed by atoms with Gasteiger partial charge in [-0.15, -0.1) is 11.3 Å². The number of carbonyl (C=O) groups is 1. The summed E-state index contributed by atoms with van der Waals surface area (Å²) in [6, 6.07) is 19.1. The maximum absolute atomic E-state index is 12.6. The van der Waals surface area contributed by atoms with Gasteiger partial charge < -0.3 is 20.3 Å². The highest BCUT2D eigenvalue weighted by Crippen LogP contribution is 2.32. The lowest BCUT2D eigenvalue weighted by Gasteiger charge is -2.35. The molecule has 162 valence electrons. The number of carbonyl (C=O) groups excluding carboxylic acids is 1. The fourth-order valence-electron chi connectivity index (χ4n) is 3.82. The number of amides is 1.